The summed E-state index contributed by atoms with van der Waals surface area (Å²) < 4.78 is 15.4. The predicted octanol–water partition coefficient (Wildman–Crippen LogP) is 3.67. The van der Waals surface area contributed by atoms with Gasteiger partial charge in [0.25, 0.3) is 5.91 Å². The lowest BCUT2D eigenvalue weighted by molar-refractivity contribution is -0.118. The monoisotopic (exact) mass is 503 g/mol. The summed E-state index contributed by atoms with van der Waals surface area (Å²) in [4.78, 5) is 39.1. The maximum Gasteiger partial charge on any atom is 0.337 e. The van der Waals surface area contributed by atoms with Gasteiger partial charge in [0.15, 0.2) is 0 Å². The second-order valence-electron chi connectivity index (χ2n) is 8.45. The quantitative estimate of drug-likeness (QED) is 0.452. The van der Waals surface area contributed by atoms with Gasteiger partial charge in [0.05, 0.1) is 45.2 Å². The van der Waals surface area contributed by atoms with Gasteiger partial charge >= 0.3 is 5.97 Å². The van der Waals surface area contributed by atoms with Crippen LogP contribution in [0.1, 0.15) is 20.7 Å². The molecule has 3 aromatic carbocycles. The van der Waals surface area contributed by atoms with Crippen molar-refractivity contribution in [1.82, 2.24) is 4.90 Å². The number of benzene rings is 3. The number of methoxy groups -OCH3 is 2. The average molecular weight is 504 g/mol. The molecule has 1 saturated heterocycles. The molecule has 0 radical (unpaired) electrons. The van der Waals surface area contributed by atoms with Gasteiger partial charge in [0.1, 0.15) is 5.75 Å². The summed E-state index contributed by atoms with van der Waals surface area (Å²) in [5, 5.41) is 5.74. The third kappa shape index (κ3) is 6.72. The number of esters is 1. The van der Waals surface area contributed by atoms with E-state index in [1.54, 1.807) is 42.5 Å². The highest BCUT2D eigenvalue weighted by Crippen LogP contribution is 2.28. The lowest BCUT2D eigenvalue weighted by Crippen LogP contribution is -2.41. The van der Waals surface area contributed by atoms with Crippen LogP contribution in [0.5, 0.6) is 5.75 Å². The fourth-order valence-corrected chi connectivity index (χ4v) is 3.97. The van der Waals surface area contributed by atoms with E-state index in [0.29, 0.717) is 54.6 Å². The molecule has 192 valence electrons. The number of anilines is 2. The van der Waals surface area contributed by atoms with E-state index in [-0.39, 0.29) is 18.4 Å². The molecule has 0 atom stereocenters. The van der Waals surface area contributed by atoms with Crippen LogP contribution < -0.4 is 15.4 Å². The van der Waals surface area contributed by atoms with Gasteiger partial charge < -0.3 is 24.8 Å². The standard InChI is InChI=1S/C28H29N3O6/c1-35-25-12-11-23(17-24(25)30-26(32)18-31-13-15-37-16-14-31)29-27(33)21-7-3-19(4-8-21)20-5-9-22(10-6-20)28(34)36-2/h3-12,17H,13-16,18H2,1-2H3,(H,29,33)(H,30,32). The predicted molar refractivity (Wildman–Crippen MR) is 140 cm³/mol. The van der Waals surface area contributed by atoms with Crippen LogP contribution in [0.2, 0.25) is 0 Å². The summed E-state index contributed by atoms with van der Waals surface area (Å²) in [6.45, 7) is 2.89. The number of rotatable bonds is 8. The van der Waals surface area contributed by atoms with Gasteiger partial charge in [-0.2, -0.15) is 0 Å². The number of nitrogens with one attached hydrogen (secondary N) is 2. The fraction of sp³-hybridized carbons (Fsp3) is 0.250. The van der Waals surface area contributed by atoms with Crippen molar-refractivity contribution in [2.45, 2.75) is 0 Å². The van der Waals surface area contributed by atoms with Crippen molar-refractivity contribution >= 4 is 29.2 Å². The first-order chi connectivity index (χ1) is 18.0. The van der Waals surface area contributed by atoms with Crippen molar-refractivity contribution in [2.24, 2.45) is 0 Å². The van der Waals surface area contributed by atoms with E-state index in [9.17, 15) is 14.4 Å². The first-order valence-corrected chi connectivity index (χ1v) is 11.8. The second kappa shape index (κ2) is 12.2. The molecule has 1 heterocycles. The third-order valence-corrected chi connectivity index (χ3v) is 5.99. The molecule has 2 amide bonds. The van der Waals surface area contributed by atoms with E-state index >= 15 is 0 Å². The highest BCUT2D eigenvalue weighted by molar-refractivity contribution is 6.05. The number of ether oxygens (including phenoxy) is 3. The molecule has 0 aliphatic carbocycles. The first-order valence-electron chi connectivity index (χ1n) is 11.8. The Morgan fingerprint density at radius 1 is 0.838 bits per heavy atom. The van der Waals surface area contributed by atoms with Crippen LogP contribution in [0.15, 0.2) is 66.7 Å². The number of carbonyl (C=O) groups is 3. The number of carbonyl (C=O) groups excluding carboxylic acids is 3. The highest BCUT2D eigenvalue weighted by Gasteiger charge is 2.16. The Labute approximate surface area is 215 Å². The van der Waals surface area contributed by atoms with Crippen molar-refractivity contribution in [1.29, 1.82) is 0 Å². The minimum Gasteiger partial charge on any atom is -0.495 e. The van der Waals surface area contributed by atoms with E-state index < -0.39 is 5.97 Å². The van der Waals surface area contributed by atoms with Gasteiger partial charge in [-0.15, -0.1) is 0 Å². The zero-order valence-electron chi connectivity index (χ0n) is 20.8. The van der Waals surface area contributed by atoms with Gasteiger partial charge in [-0.25, -0.2) is 4.79 Å². The number of morpholine rings is 1. The van der Waals surface area contributed by atoms with Crippen LogP contribution in [0, 0.1) is 0 Å². The van der Waals surface area contributed by atoms with Crippen molar-refractivity contribution < 1.29 is 28.6 Å². The molecule has 1 fully saturated rings. The molecular weight excluding hydrogens is 474 g/mol. The molecule has 9 nitrogen and oxygen atoms in total. The topological polar surface area (TPSA) is 106 Å². The Hall–Kier alpha value is -4.21. The van der Waals surface area contributed by atoms with Crippen LogP contribution in [0.3, 0.4) is 0 Å². The SMILES string of the molecule is COC(=O)c1ccc(-c2ccc(C(=O)Nc3ccc(OC)c(NC(=O)CN4CCOCC4)c3)cc2)cc1. The normalized spacial score (nSPS) is 13.5. The number of hydrogen-bond donors (Lipinski definition) is 2. The number of amides is 2. The molecule has 3 aromatic rings. The van der Waals surface area contributed by atoms with Crippen molar-refractivity contribution in [3.05, 3.63) is 77.9 Å². The largest absolute Gasteiger partial charge is 0.495 e. The molecular formula is C28H29N3O6. The van der Waals surface area contributed by atoms with E-state index in [0.717, 1.165) is 11.1 Å². The molecule has 0 unspecified atom stereocenters. The molecule has 37 heavy (non-hydrogen) atoms. The van der Waals surface area contributed by atoms with Crippen molar-refractivity contribution in [3.8, 4) is 16.9 Å². The molecule has 1 aliphatic heterocycles. The molecule has 2 N–H and O–H groups in total. The third-order valence-electron chi connectivity index (χ3n) is 5.99. The van der Waals surface area contributed by atoms with Gasteiger partial charge in [-0.1, -0.05) is 24.3 Å². The maximum atomic E-state index is 12.9. The van der Waals surface area contributed by atoms with Crippen molar-refractivity contribution in [3.63, 3.8) is 0 Å². The van der Waals surface area contributed by atoms with Gasteiger partial charge in [0.2, 0.25) is 5.91 Å². The smallest absolute Gasteiger partial charge is 0.337 e. The second-order valence-corrected chi connectivity index (χ2v) is 8.45. The fourth-order valence-electron chi connectivity index (χ4n) is 3.97. The van der Waals surface area contributed by atoms with E-state index in [2.05, 4.69) is 10.6 Å². The van der Waals surface area contributed by atoms with Gasteiger partial charge in [-0.3, -0.25) is 14.5 Å². The summed E-state index contributed by atoms with van der Waals surface area (Å²) in [5.41, 5.74) is 3.76. The maximum absolute atomic E-state index is 12.9. The molecule has 0 aromatic heterocycles. The van der Waals surface area contributed by atoms with Crippen LogP contribution >= 0.6 is 0 Å². The Kier molecular flexibility index (Phi) is 8.50. The average Bonchev–Trinajstić information content (AvgIpc) is 2.93. The zero-order chi connectivity index (χ0) is 26.2. The molecule has 4 rings (SSSR count). The minimum absolute atomic E-state index is 0.168. The lowest BCUT2D eigenvalue weighted by Gasteiger charge is -2.26. The van der Waals surface area contributed by atoms with Crippen LogP contribution in [0.25, 0.3) is 11.1 Å². The summed E-state index contributed by atoms with van der Waals surface area (Å²) in [7, 11) is 2.87. The molecule has 0 spiro atoms. The Morgan fingerprint density at radius 2 is 1.46 bits per heavy atom. The minimum atomic E-state index is -0.392. The number of hydrogen-bond acceptors (Lipinski definition) is 7. The van der Waals surface area contributed by atoms with E-state index in [4.69, 9.17) is 14.2 Å². The van der Waals surface area contributed by atoms with Crippen LogP contribution in [0.4, 0.5) is 11.4 Å². The van der Waals surface area contributed by atoms with Crippen LogP contribution in [-0.2, 0) is 14.3 Å². The van der Waals surface area contributed by atoms with E-state index in [1.165, 1.54) is 14.2 Å². The summed E-state index contributed by atoms with van der Waals surface area (Å²) in [6, 6.07) is 19.3. The summed E-state index contributed by atoms with van der Waals surface area (Å²) in [5.74, 6) is -0.352. The lowest BCUT2D eigenvalue weighted by atomic mass is 10.0. The molecule has 0 bridgehead atoms. The highest BCUT2D eigenvalue weighted by atomic mass is 16.5. The van der Waals surface area contributed by atoms with E-state index in [1.807, 2.05) is 29.2 Å². The molecule has 1 aliphatic rings. The summed E-state index contributed by atoms with van der Waals surface area (Å²) in [6.07, 6.45) is 0. The summed E-state index contributed by atoms with van der Waals surface area (Å²) >= 11 is 0. The van der Waals surface area contributed by atoms with Crippen LogP contribution in [-0.4, -0.2) is 69.8 Å². The van der Waals surface area contributed by atoms with Crippen molar-refractivity contribution in [2.75, 3.05) is 57.7 Å². The number of nitrogens with zero attached hydrogens (tertiary/aromatic N) is 1. The Bertz CT molecular complexity index is 1250. The zero-order valence-corrected chi connectivity index (χ0v) is 20.8. The molecule has 9 heteroatoms. The first kappa shape index (κ1) is 25.9. The van der Waals surface area contributed by atoms with Gasteiger partial charge in [0, 0.05) is 24.3 Å². The molecule has 0 saturated carbocycles. The van der Waals surface area contributed by atoms with Gasteiger partial charge in [-0.05, 0) is 53.6 Å². The Morgan fingerprint density at radius 3 is 2.05 bits per heavy atom. The Balaban J connectivity index is 1.41.